The molecule has 1 atom stereocenters. The van der Waals surface area contributed by atoms with Crippen molar-refractivity contribution in [2.24, 2.45) is 5.92 Å². The minimum absolute atomic E-state index is 0. The normalized spacial score (nSPS) is 33.2. The first-order valence-electron chi connectivity index (χ1n) is 5.16. The molecule has 1 heteroatoms. The lowest BCUT2D eigenvalue weighted by Gasteiger charge is -2.40. The molecule has 1 unspecified atom stereocenters. The molecule has 0 radical (unpaired) electrons. The van der Waals surface area contributed by atoms with Crippen molar-refractivity contribution in [3.05, 3.63) is 7.43 Å². The standard InChI is InChI=1S/C10H20N.CH3/c1-10-5-4-8-11(9-10)6-2-3-7-11;/h10H,2-9H2,1H3;1H3/q+1;-1. The molecule has 0 N–H and O–H groups in total. The Labute approximate surface area is 77.4 Å². The second-order valence-electron chi connectivity index (χ2n) is 4.65. The first kappa shape index (κ1) is 10.0. The Morgan fingerprint density at radius 1 is 1.00 bits per heavy atom. The van der Waals surface area contributed by atoms with Gasteiger partial charge in [-0.25, -0.2) is 0 Å². The van der Waals surface area contributed by atoms with Gasteiger partial charge in [-0.15, -0.1) is 0 Å². The summed E-state index contributed by atoms with van der Waals surface area (Å²) in [5.41, 5.74) is 0. The molecule has 2 aliphatic rings. The largest absolute Gasteiger partial charge is 0.358 e. The Hall–Kier alpha value is -0.0400. The number of rotatable bonds is 0. The maximum atomic E-state index is 2.43. The van der Waals surface area contributed by atoms with Crippen LogP contribution in [0.1, 0.15) is 32.6 Å². The van der Waals surface area contributed by atoms with E-state index in [1.165, 1.54) is 56.3 Å². The lowest BCUT2D eigenvalue weighted by molar-refractivity contribution is -0.924. The van der Waals surface area contributed by atoms with Crippen LogP contribution in [0.4, 0.5) is 0 Å². The Bertz CT molecular complexity index is 136. The lowest BCUT2D eigenvalue weighted by Crippen LogP contribution is -2.51. The van der Waals surface area contributed by atoms with Gasteiger partial charge in [-0.2, -0.15) is 0 Å². The van der Waals surface area contributed by atoms with Crippen LogP contribution in [-0.4, -0.2) is 30.7 Å². The van der Waals surface area contributed by atoms with E-state index in [0.717, 1.165) is 5.92 Å². The highest BCUT2D eigenvalue weighted by atomic mass is 15.4. The quantitative estimate of drug-likeness (QED) is 0.386. The number of hydrogen-bond acceptors (Lipinski definition) is 0. The molecule has 72 valence electrons. The zero-order valence-corrected chi connectivity index (χ0v) is 8.68. The van der Waals surface area contributed by atoms with E-state index in [4.69, 9.17) is 0 Å². The molecule has 1 nitrogen and oxygen atoms in total. The molecule has 2 fully saturated rings. The van der Waals surface area contributed by atoms with E-state index in [9.17, 15) is 0 Å². The van der Waals surface area contributed by atoms with Crippen molar-refractivity contribution >= 4 is 0 Å². The van der Waals surface area contributed by atoms with Crippen LogP contribution in [0.3, 0.4) is 0 Å². The SMILES string of the molecule is CC1CCC[N+]2(CCCC2)C1.[CH3-]. The van der Waals surface area contributed by atoms with Gasteiger partial charge in [0.15, 0.2) is 0 Å². The van der Waals surface area contributed by atoms with E-state index >= 15 is 0 Å². The van der Waals surface area contributed by atoms with Crippen LogP contribution >= 0.6 is 0 Å². The van der Waals surface area contributed by atoms with Crippen molar-refractivity contribution in [3.63, 3.8) is 0 Å². The zero-order valence-electron chi connectivity index (χ0n) is 8.68. The van der Waals surface area contributed by atoms with Crippen molar-refractivity contribution in [2.45, 2.75) is 32.6 Å². The Balaban J connectivity index is 0.000000720. The molecule has 2 rings (SSSR count). The van der Waals surface area contributed by atoms with Crippen molar-refractivity contribution < 1.29 is 4.48 Å². The molecule has 0 aromatic carbocycles. The number of quaternary nitrogens is 1. The first-order chi connectivity index (χ1) is 5.31. The molecule has 12 heavy (non-hydrogen) atoms. The fourth-order valence-corrected chi connectivity index (χ4v) is 3.03. The van der Waals surface area contributed by atoms with Gasteiger partial charge >= 0.3 is 0 Å². The molecular formula is C11H23N. The number of hydrogen-bond donors (Lipinski definition) is 0. The van der Waals surface area contributed by atoms with Crippen molar-refractivity contribution in [3.8, 4) is 0 Å². The van der Waals surface area contributed by atoms with E-state index in [1.807, 2.05) is 0 Å². The minimum atomic E-state index is 0. The zero-order chi connectivity index (χ0) is 7.73. The summed E-state index contributed by atoms with van der Waals surface area (Å²) in [5.74, 6) is 1.00. The predicted molar refractivity (Wildman–Crippen MR) is 53.8 cm³/mol. The number of nitrogens with zero attached hydrogens (tertiary/aromatic N) is 1. The predicted octanol–water partition coefficient (Wildman–Crippen LogP) is 2.48. The van der Waals surface area contributed by atoms with E-state index in [-0.39, 0.29) is 7.43 Å². The van der Waals surface area contributed by atoms with E-state index < -0.39 is 0 Å². The summed E-state index contributed by atoms with van der Waals surface area (Å²) >= 11 is 0. The molecule has 2 aliphatic heterocycles. The third kappa shape index (κ3) is 1.82. The van der Waals surface area contributed by atoms with Crippen LogP contribution in [-0.2, 0) is 0 Å². The molecule has 0 aromatic heterocycles. The summed E-state index contributed by atoms with van der Waals surface area (Å²) in [6.45, 7) is 8.39. The van der Waals surface area contributed by atoms with E-state index in [2.05, 4.69) is 6.92 Å². The fraction of sp³-hybridized carbons (Fsp3) is 0.909. The molecule has 1 spiro atoms. The average molecular weight is 169 g/mol. The summed E-state index contributed by atoms with van der Waals surface area (Å²) in [6, 6.07) is 0. The fourth-order valence-electron chi connectivity index (χ4n) is 3.03. The molecule has 2 saturated heterocycles. The second kappa shape index (κ2) is 3.78. The Kier molecular flexibility index (Phi) is 3.16. The topological polar surface area (TPSA) is 0 Å². The third-order valence-corrected chi connectivity index (χ3v) is 3.54. The highest BCUT2D eigenvalue weighted by molar-refractivity contribution is 4.64. The highest BCUT2D eigenvalue weighted by Crippen LogP contribution is 2.28. The summed E-state index contributed by atoms with van der Waals surface area (Å²) in [4.78, 5) is 0. The Morgan fingerprint density at radius 3 is 2.17 bits per heavy atom. The van der Waals surface area contributed by atoms with Crippen LogP contribution < -0.4 is 0 Å². The summed E-state index contributed by atoms with van der Waals surface area (Å²) in [6.07, 6.45) is 5.96. The summed E-state index contributed by atoms with van der Waals surface area (Å²) in [5, 5.41) is 0. The van der Waals surface area contributed by atoms with Gasteiger partial charge in [0.25, 0.3) is 0 Å². The molecule has 0 bridgehead atoms. The van der Waals surface area contributed by atoms with Crippen LogP contribution in [0, 0.1) is 13.3 Å². The maximum Gasteiger partial charge on any atom is 0.0812 e. The van der Waals surface area contributed by atoms with Crippen molar-refractivity contribution in [1.29, 1.82) is 0 Å². The van der Waals surface area contributed by atoms with Gasteiger partial charge in [0, 0.05) is 18.8 Å². The van der Waals surface area contributed by atoms with Crippen LogP contribution in [0.5, 0.6) is 0 Å². The van der Waals surface area contributed by atoms with Gasteiger partial charge in [-0.1, -0.05) is 6.92 Å². The van der Waals surface area contributed by atoms with Gasteiger partial charge in [0.1, 0.15) is 0 Å². The number of piperidine rings is 1. The van der Waals surface area contributed by atoms with Crippen LogP contribution in [0.25, 0.3) is 0 Å². The van der Waals surface area contributed by atoms with Gasteiger partial charge < -0.3 is 11.9 Å². The van der Waals surface area contributed by atoms with E-state index in [1.54, 1.807) is 0 Å². The van der Waals surface area contributed by atoms with Gasteiger partial charge in [0.05, 0.1) is 26.2 Å². The maximum absolute atomic E-state index is 2.43. The van der Waals surface area contributed by atoms with Gasteiger partial charge in [-0.3, -0.25) is 0 Å². The van der Waals surface area contributed by atoms with Gasteiger partial charge in [0.2, 0.25) is 0 Å². The molecule has 0 saturated carbocycles. The first-order valence-corrected chi connectivity index (χ1v) is 5.16. The van der Waals surface area contributed by atoms with Crippen LogP contribution in [0.15, 0.2) is 0 Å². The molecule has 0 aliphatic carbocycles. The Morgan fingerprint density at radius 2 is 1.58 bits per heavy atom. The molecule has 0 amide bonds. The van der Waals surface area contributed by atoms with Crippen molar-refractivity contribution in [2.75, 3.05) is 26.2 Å². The lowest BCUT2D eigenvalue weighted by atomic mass is 9.98. The molecule has 0 aromatic rings. The highest BCUT2D eigenvalue weighted by Gasteiger charge is 2.35. The van der Waals surface area contributed by atoms with E-state index in [0.29, 0.717) is 0 Å². The second-order valence-corrected chi connectivity index (χ2v) is 4.65. The molecule has 2 heterocycles. The molecular weight excluding hydrogens is 146 g/mol. The third-order valence-electron chi connectivity index (χ3n) is 3.54. The van der Waals surface area contributed by atoms with Gasteiger partial charge in [-0.05, 0) is 12.8 Å². The average Bonchev–Trinajstić information content (AvgIpc) is 2.37. The summed E-state index contributed by atoms with van der Waals surface area (Å²) < 4.78 is 1.49. The van der Waals surface area contributed by atoms with Crippen LogP contribution in [0.2, 0.25) is 0 Å². The monoisotopic (exact) mass is 169 g/mol. The smallest absolute Gasteiger partial charge is 0.0812 e. The van der Waals surface area contributed by atoms with Crippen molar-refractivity contribution in [1.82, 2.24) is 0 Å². The minimum Gasteiger partial charge on any atom is -0.358 e. The summed E-state index contributed by atoms with van der Waals surface area (Å²) in [7, 11) is 0.